The zero-order valence-corrected chi connectivity index (χ0v) is 14.5. The van der Waals surface area contributed by atoms with Crippen molar-refractivity contribution in [2.75, 3.05) is 0 Å². The molecule has 0 amide bonds. The summed E-state index contributed by atoms with van der Waals surface area (Å²) in [4.78, 5) is 29.1. The largest absolute Gasteiger partial charge is 0.335 e. The lowest BCUT2D eigenvalue weighted by atomic mass is 10.0. The Morgan fingerprint density at radius 1 is 1.04 bits per heavy atom. The minimum Gasteiger partial charge on any atom is -0.335 e. The molecule has 0 saturated carbocycles. The van der Waals surface area contributed by atoms with Gasteiger partial charge in [-0.05, 0) is 35.4 Å². The minimum atomic E-state index is -0.0133. The van der Waals surface area contributed by atoms with Crippen molar-refractivity contribution in [1.29, 1.82) is 0 Å². The van der Waals surface area contributed by atoms with Gasteiger partial charge >= 0.3 is 0 Å². The standard InChI is InChI=1S/C22H16N4O/c27-20(10-14-4-2-1-3-5-14)22-25-18-11-16-13-24-21(15-6-8-23-9-7-15)17(16)12-19(18)26-22/h1-9,11-12H,10,13H2,(H,25,26). The molecule has 0 bridgehead atoms. The fourth-order valence-electron chi connectivity index (χ4n) is 3.46. The monoisotopic (exact) mass is 352 g/mol. The zero-order valence-electron chi connectivity index (χ0n) is 14.5. The second kappa shape index (κ2) is 6.29. The van der Waals surface area contributed by atoms with E-state index in [4.69, 9.17) is 0 Å². The number of nitrogens with one attached hydrogen (secondary N) is 1. The van der Waals surface area contributed by atoms with Gasteiger partial charge in [0, 0.05) is 29.9 Å². The number of Topliss-reactive ketones (excluding diaryl/α,β-unsaturated/α-hetero) is 1. The molecule has 0 fully saturated rings. The first-order chi connectivity index (χ1) is 13.3. The number of hydrogen-bond donors (Lipinski definition) is 1. The highest BCUT2D eigenvalue weighted by molar-refractivity contribution is 6.16. The van der Waals surface area contributed by atoms with Gasteiger partial charge in [0.25, 0.3) is 0 Å². The van der Waals surface area contributed by atoms with Crippen molar-refractivity contribution in [2.24, 2.45) is 4.99 Å². The molecule has 0 spiro atoms. The van der Waals surface area contributed by atoms with Gasteiger partial charge in [0.1, 0.15) is 0 Å². The summed E-state index contributed by atoms with van der Waals surface area (Å²) in [7, 11) is 0. The number of aliphatic imine (C=N–C) groups is 1. The van der Waals surface area contributed by atoms with Gasteiger partial charge in [-0.2, -0.15) is 0 Å². The van der Waals surface area contributed by atoms with Crippen molar-refractivity contribution in [1.82, 2.24) is 15.0 Å². The molecule has 5 rings (SSSR count). The Morgan fingerprint density at radius 3 is 2.67 bits per heavy atom. The molecule has 5 heteroatoms. The molecule has 1 N–H and O–H groups in total. The Bertz CT molecular complexity index is 1180. The van der Waals surface area contributed by atoms with Crippen LogP contribution < -0.4 is 0 Å². The van der Waals surface area contributed by atoms with Crippen LogP contribution in [0.4, 0.5) is 0 Å². The molecule has 0 aliphatic carbocycles. The van der Waals surface area contributed by atoms with Crippen LogP contribution in [0.25, 0.3) is 11.0 Å². The summed E-state index contributed by atoms with van der Waals surface area (Å²) < 4.78 is 0. The molecular weight excluding hydrogens is 336 g/mol. The highest BCUT2D eigenvalue weighted by Crippen LogP contribution is 2.27. The van der Waals surface area contributed by atoms with Gasteiger partial charge in [0.15, 0.2) is 5.82 Å². The van der Waals surface area contributed by atoms with Crippen molar-refractivity contribution >= 4 is 22.5 Å². The van der Waals surface area contributed by atoms with Crippen LogP contribution in [0.15, 0.2) is 72.0 Å². The molecule has 27 heavy (non-hydrogen) atoms. The molecule has 4 aromatic rings. The number of nitrogens with zero attached hydrogens (tertiary/aromatic N) is 3. The summed E-state index contributed by atoms with van der Waals surface area (Å²) in [6, 6.07) is 17.7. The first-order valence-electron chi connectivity index (χ1n) is 8.83. The van der Waals surface area contributed by atoms with E-state index in [-0.39, 0.29) is 5.78 Å². The van der Waals surface area contributed by atoms with E-state index in [0.717, 1.165) is 39.0 Å². The van der Waals surface area contributed by atoms with E-state index < -0.39 is 0 Å². The highest BCUT2D eigenvalue weighted by atomic mass is 16.1. The lowest BCUT2D eigenvalue weighted by Gasteiger charge is -2.03. The van der Waals surface area contributed by atoms with Crippen LogP contribution in [0.5, 0.6) is 0 Å². The van der Waals surface area contributed by atoms with Crippen LogP contribution in [-0.4, -0.2) is 26.4 Å². The number of carbonyl (C=O) groups excluding carboxylic acids is 1. The van der Waals surface area contributed by atoms with E-state index in [0.29, 0.717) is 18.8 Å². The van der Waals surface area contributed by atoms with Crippen LogP contribution in [0.1, 0.15) is 32.9 Å². The number of pyridine rings is 1. The molecule has 0 radical (unpaired) electrons. The topological polar surface area (TPSA) is 71.0 Å². The summed E-state index contributed by atoms with van der Waals surface area (Å²) in [5, 5.41) is 0. The van der Waals surface area contributed by atoms with Crippen LogP contribution in [0.3, 0.4) is 0 Å². The fraction of sp³-hybridized carbons (Fsp3) is 0.0909. The number of benzene rings is 2. The van der Waals surface area contributed by atoms with Gasteiger partial charge in [-0.25, -0.2) is 4.98 Å². The highest BCUT2D eigenvalue weighted by Gasteiger charge is 2.20. The summed E-state index contributed by atoms with van der Waals surface area (Å²) in [6.45, 7) is 0.634. The summed E-state index contributed by atoms with van der Waals surface area (Å²) in [5.74, 6) is 0.389. The average Bonchev–Trinajstić information content (AvgIpc) is 3.31. The molecule has 1 aliphatic heterocycles. The van der Waals surface area contributed by atoms with Crippen molar-refractivity contribution in [3.05, 3.63) is 95.1 Å². The number of rotatable bonds is 4. The van der Waals surface area contributed by atoms with E-state index in [1.54, 1.807) is 12.4 Å². The SMILES string of the molecule is O=C(Cc1ccccc1)c1nc2cc3c(cc2[nH]1)CN=C3c1ccncc1. The normalized spacial score (nSPS) is 12.8. The molecule has 1 aliphatic rings. The van der Waals surface area contributed by atoms with E-state index in [1.807, 2.05) is 48.5 Å². The third kappa shape index (κ3) is 2.83. The third-order valence-electron chi connectivity index (χ3n) is 4.79. The second-order valence-electron chi connectivity index (χ2n) is 6.60. The molecule has 0 atom stereocenters. The number of aromatic nitrogens is 3. The molecule has 5 nitrogen and oxygen atoms in total. The second-order valence-corrected chi connectivity index (χ2v) is 6.60. The van der Waals surface area contributed by atoms with Gasteiger partial charge in [-0.15, -0.1) is 0 Å². The number of H-pyrrole nitrogens is 1. The lowest BCUT2D eigenvalue weighted by Crippen LogP contribution is -2.05. The number of imidazole rings is 1. The predicted molar refractivity (Wildman–Crippen MR) is 104 cm³/mol. The van der Waals surface area contributed by atoms with E-state index >= 15 is 0 Å². The van der Waals surface area contributed by atoms with Gasteiger partial charge in [-0.1, -0.05) is 30.3 Å². The Labute approximate surface area is 155 Å². The van der Waals surface area contributed by atoms with E-state index in [9.17, 15) is 4.79 Å². The smallest absolute Gasteiger partial charge is 0.202 e. The van der Waals surface area contributed by atoms with Crippen LogP contribution in [-0.2, 0) is 13.0 Å². The molecule has 0 saturated heterocycles. The molecule has 2 aromatic heterocycles. The minimum absolute atomic E-state index is 0.0133. The lowest BCUT2D eigenvalue weighted by molar-refractivity contribution is 0.0984. The van der Waals surface area contributed by atoms with Crippen LogP contribution in [0.2, 0.25) is 0 Å². The molecule has 0 unspecified atom stereocenters. The van der Waals surface area contributed by atoms with Crippen molar-refractivity contribution in [3.63, 3.8) is 0 Å². The predicted octanol–water partition coefficient (Wildman–Crippen LogP) is 3.73. The van der Waals surface area contributed by atoms with Crippen molar-refractivity contribution in [3.8, 4) is 0 Å². The van der Waals surface area contributed by atoms with Gasteiger partial charge in [-0.3, -0.25) is 14.8 Å². The Hall–Kier alpha value is -3.60. The number of carbonyl (C=O) groups is 1. The maximum Gasteiger partial charge on any atom is 0.202 e. The third-order valence-corrected chi connectivity index (χ3v) is 4.79. The molecule has 3 heterocycles. The van der Waals surface area contributed by atoms with Gasteiger partial charge in [0.05, 0.1) is 23.3 Å². The maximum absolute atomic E-state index is 12.6. The number of fused-ring (bicyclic) bond motifs is 2. The first kappa shape index (κ1) is 15.6. The van der Waals surface area contributed by atoms with Crippen LogP contribution >= 0.6 is 0 Å². The van der Waals surface area contributed by atoms with E-state index in [2.05, 4.69) is 26.0 Å². The molecule has 130 valence electrons. The molecular formula is C22H16N4O. The number of ketones is 1. The number of aromatic amines is 1. The van der Waals surface area contributed by atoms with E-state index in [1.165, 1.54) is 0 Å². The van der Waals surface area contributed by atoms with Gasteiger partial charge < -0.3 is 4.98 Å². The summed E-state index contributed by atoms with van der Waals surface area (Å²) >= 11 is 0. The zero-order chi connectivity index (χ0) is 18.2. The van der Waals surface area contributed by atoms with Crippen molar-refractivity contribution in [2.45, 2.75) is 13.0 Å². The Morgan fingerprint density at radius 2 is 1.85 bits per heavy atom. The maximum atomic E-state index is 12.6. The molecule has 2 aromatic carbocycles. The first-order valence-corrected chi connectivity index (χ1v) is 8.83. The van der Waals surface area contributed by atoms with Crippen LogP contribution in [0, 0.1) is 0 Å². The number of hydrogen-bond acceptors (Lipinski definition) is 4. The van der Waals surface area contributed by atoms with Gasteiger partial charge in [0.2, 0.25) is 5.78 Å². The Balaban J connectivity index is 1.49. The summed E-state index contributed by atoms with van der Waals surface area (Å²) in [6.07, 6.45) is 3.87. The average molecular weight is 352 g/mol. The quantitative estimate of drug-likeness (QED) is 0.569. The Kier molecular flexibility index (Phi) is 3.64. The van der Waals surface area contributed by atoms with Crippen molar-refractivity contribution < 1.29 is 4.79 Å². The fourth-order valence-corrected chi connectivity index (χ4v) is 3.46. The summed E-state index contributed by atoms with van der Waals surface area (Å²) in [5.41, 5.74) is 6.85.